The van der Waals surface area contributed by atoms with Gasteiger partial charge in [0.25, 0.3) is 5.69 Å². The molecule has 34 heavy (non-hydrogen) atoms. The molecule has 12 nitrogen and oxygen atoms in total. The van der Waals surface area contributed by atoms with Crippen molar-refractivity contribution in [1.29, 1.82) is 0 Å². The van der Waals surface area contributed by atoms with E-state index in [2.05, 4.69) is 20.2 Å². The summed E-state index contributed by atoms with van der Waals surface area (Å²) in [7, 11) is -0.808. The van der Waals surface area contributed by atoms with Crippen LogP contribution in [0.4, 0.5) is 10.8 Å². The first-order valence-corrected chi connectivity index (χ1v) is 12.1. The Morgan fingerprint density at radius 1 is 1.09 bits per heavy atom. The van der Waals surface area contributed by atoms with Crippen LogP contribution in [0.25, 0.3) is 0 Å². The zero-order chi connectivity index (χ0) is 24.7. The van der Waals surface area contributed by atoms with Gasteiger partial charge in [0.1, 0.15) is 5.01 Å². The number of sulfonamides is 1. The van der Waals surface area contributed by atoms with Crippen molar-refractivity contribution in [2.24, 2.45) is 0 Å². The summed E-state index contributed by atoms with van der Waals surface area (Å²) in [5, 5.41) is 22.2. The summed E-state index contributed by atoms with van der Waals surface area (Å²) in [6.45, 7) is -0.164. The molecule has 1 heterocycles. The molecule has 0 aliphatic carbocycles. The summed E-state index contributed by atoms with van der Waals surface area (Å²) in [6, 6.07) is 9.93. The smallest absolute Gasteiger partial charge is 0.269 e. The molecule has 1 aromatic heterocycles. The highest BCUT2D eigenvalue weighted by Gasteiger charge is 2.17. The highest BCUT2D eigenvalue weighted by molar-refractivity contribution is 7.89. The van der Waals surface area contributed by atoms with Crippen LogP contribution in [0.2, 0.25) is 0 Å². The predicted octanol–water partition coefficient (Wildman–Crippen LogP) is 2.36. The summed E-state index contributed by atoms with van der Waals surface area (Å²) >= 11 is 1.20. The van der Waals surface area contributed by atoms with Gasteiger partial charge < -0.3 is 14.8 Å². The lowest BCUT2D eigenvalue weighted by Gasteiger charge is -2.08. The van der Waals surface area contributed by atoms with Gasteiger partial charge in [-0.25, -0.2) is 13.1 Å². The van der Waals surface area contributed by atoms with Crippen molar-refractivity contribution in [1.82, 2.24) is 14.9 Å². The maximum Gasteiger partial charge on any atom is 0.269 e. The van der Waals surface area contributed by atoms with Crippen molar-refractivity contribution in [3.63, 3.8) is 0 Å². The SMILES string of the molecule is COc1ccc(Cc2nnc(NC(=O)CCNS(=O)(=O)c3ccc([N+](=O)[O-])cc3)s2)cc1OC. The number of methoxy groups -OCH3 is 2. The molecule has 0 unspecified atom stereocenters. The molecule has 0 saturated carbocycles. The van der Waals surface area contributed by atoms with Crippen LogP contribution in [0.1, 0.15) is 17.0 Å². The Bertz CT molecular complexity index is 1280. The molecule has 0 radical (unpaired) electrons. The largest absolute Gasteiger partial charge is 0.493 e. The maximum atomic E-state index is 12.3. The second-order valence-electron chi connectivity index (χ2n) is 6.81. The van der Waals surface area contributed by atoms with E-state index >= 15 is 0 Å². The van der Waals surface area contributed by atoms with Gasteiger partial charge in [-0.15, -0.1) is 10.2 Å². The van der Waals surface area contributed by atoms with Gasteiger partial charge in [0, 0.05) is 31.5 Å². The molecule has 0 bridgehead atoms. The number of hydrogen-bond donors (Lipinski definition) is 2. The molecule has 14 heteroatoms. The van der Waals surface area contributed by atoms with Gasteiger partial charge in [-0.3, -0.25) is 14.9 Å². The highest BCUT2D eigenvalue weighted by atomic mass is 32.2. The van der Waals surface area contributed by atoms with E-state index in [1.54, 1.807) is 20.3 Å². The Morgan fingerprint density at radius 2 is 1.79 bits per heavy atom. The molecule has 0 aliphatic heterocycles. The first-order chi connectivity index (χ1) is 16.2. The topological polar surface area (TPSA) is 163 Å². The van der Waals surface area contributed by atoms with Gasteiger partial charge in [0.15, 0.2) is 11.5 Å². The number of carbonyl (C=O) groups excluding carboxylic acids is 1. The number of nitro groups is 1. The Kier molecular flexibility index (Phi) is 8.09. The first kappa shape index (κ1) is 25.0. The number of benzene rings is 2. The number of amides is 1. The van der Waals surface area contributed by atoms with Crippen molar-refractivity contribution in [3.05, 3.63) is 63.1 Å². The molecule has 2 aromatic carbocycles. The van der Waals surface area contributed by atoms with Crippen LogP contribution in [0, 0.1) is 10.1 Å². The third-order valence-electron chi connectivity index (χ3n) is 4.52. The van der Waals surface area contributed by atoms with Crippen molar-refractivity contribution in [2.75, 3.05) is 26.1 Å². The van der Waals surface area contributed by atoms with E-state index in [9.17, 15) is 23.3 Å². The van der Waals surface area contributed by atoms with Gasteiger partial charge in [-0.05, 0) is 29.8 Å². The number of nitro benzene ring substituents is 1. The van der Waals surface area contributed by atoms with Crippen molar-refractivity contribution in [3.8, 4) is 11.5 Å². The van der Waals surface area contributed by atoms with Crippen molar-refractivity contribution in [2.45, 2.75) is 17.7 Å². The number of carbonyl (C=O) groups is 1. The van der Waals surface area contributed by atoms with Crippen LogP contribution < -0.4 is 19.5 Å². The summed E-state index contributed by atoms with van der Waals surface area (Å²) in [5.41, 5.74) is 0.702. The van der Waals surface area contributed by atoms with E-state index in [0.29, 0.717) is 28.1 Å². The van der Waals surface area contributed by atoms with Crippen LogP contribution in [0.15, 0.2) is 47.4 Å². The Morgan fingerprint density at radius 3 is 2.44 bits per heavy atom. The van der Waals surface area contributed by atoms with Gasteiger partial charge in [0.05, 0.1) is 24.0 Å². The molecule has 3 rings (SSSR count). The van der Waals surface area contributed by atoms with E-state index in [0.717, 1.165) is 29.8 Å². The maximum absolute atomic E-state index is 12.3. The van der Waals surface area contributed by atoms with Crippen LogP contribution in [-0.2, 0) is 21.2 Å². The second-order valence-corrected chi connectivity index (χ2v) is 9.64. The molecule has 0 spiro atoms. The number of ether oxygens (including phenoxy) is 2. The highest BCUT2D eigenvalue weighted by Crippen LogP contribution is 2.29. The van der Waals surface area contributed by atoms with Gasteiger partial charge in [0.2, 0.25) is 21.1 Å². The average Bonchev–Trinajstić information content (AvgIpc) is 3.25. The molecule has 0 atom stereocenters. The minimum absolute atomic E-state index is 0.137. The third-order valence-corrected chi connectivity index (χ3v) is 6.83. The molecule has 0 fully saturated rings. The summed E-state index contributed by atoms with van der Waals surface area (Å²) in [4.78, 5) is 22.1. The fraction of sp³-hybridized carbons (Fsp3) is 0.250. The monoisotopic (exact) mass is 507 g/mol. The van der Waals surface area contributed by atoms with Crippen LogP contribution >= 0.6 is 11.3 Å². The lowest BCUT2D eigenvalue weighted by atomic mass is 10.1. The number of aromatic nitrogens is 2. The molecule has 1 amide bonds. The number of hydrogen-bond acceptors (Lipinski definition) is 10. The molecule has 3 aromatic rings. The molecular weight excluding hydrogens is 486 g/mol. The van der Waals surface area contributed by atoms with E-state index in [1.165, 1.54) is 11.3 Å². The Hall–Kier alpha value is -3.62. The van der Waals surface area contributed by atoms with E-state index in [1.807, 2.05) is 12.1 Å². The predicted molar refractivity (Wildman–Crippen MR) is 124 cm³/mol. The summed E-state index contributed by atoms with van der Waals surface area (Å²) in [6.07, 6.45) is 0.333. The standard InChI is InChI=1S/C20H21N5O7S2/c1-31-16-8-3-13(11-17(16)32-2)12-19-23-24-20(33-19)22-18(26)9-10-21-34(29,30)15-6-4-14(5-7-15)25(27)28/h3-8,11,21H,9-10,12H2,1-2H3,(H,22,24,26). The molecule has 0 saturated heterocycles. The van der Waals surface area contributed by atoms with Crippen LogP contribution in [-0.4, -0.2) is 50.2 Å². The fourth-order valence-corrected chi connectivity index (χ4v) is 4.67. The number of non-ortho nitro benzene ring substituents is 1. The zero-order valence-corrected chi connectivity index (χ0v) is 19.8. The minimum atomic E-state index is -3.91. The van der Waals surface area contributed by atoms with Crippen LogP contribution in [0.5, 0.6) is 11.5 Å². The minimum Gasteiger partial charge on any atom is -0.493 e. The average molecular weight is 508 g/mol. The van der Waals surface area contributed by atoms with Crippen molar-refractivity contribution < 1.29 is 27.6 Å². The van der Waals surface area contributed by atoms with E-state index in [4.69, 9.17) is 9.47 Å². The van der Waals surface area contributed by atoms with Crippen molar-refractivity contribution >= 4 is 38.1 Å². The fourth-order valence-electron chi connectivity index (χ4n) is 2.85. The van der Waals surface area contributed by atoms with E-state index < -0.39 is 20.9 Å². The Balaban J connectivity index is 1.50. The zero-order valence-electron chi connectivity index (χ0n) is 18.2. The van der Waals surface area contributed by atoms with Gasteiger partial charge >= 0.3 is 0 Å². The molecule has 180 valence electrons. The summed E-state index contributed by atoms with van der Waals surface area (Å²) < 4.78 is 37.3. The summed E-state index contributed by atoms with van der Waals surface area (Å²) in [5.74, 6) is 0.759. The molecular formula is C20H21N5O7S2. The second kappa shape index (κ2) is 11.0. The number of anilines is 1. The molecule has 2 N–H and O–H groups in total. The van der Waals surface area contributed by atoms with Crippen LogP contribution in [0.3, 0.4) is 0 Å². The lowest BCUT2D eigenvalue weighted by Crippen LogP contribution is -2.27. The number of rotatable bonds is 11. The first-order valence-electron chi connectivity index (χ1n) is 9.79. The normalized spacial score (nSPS) is 11.1. The van der Waals surface area contributed by atoms with Gasteiger partial charge in [-0.2, -0.15) is 0 Å². The van der Waals surface area contributed by atoms with Gasteiger partial charge in [-0.1, -0.05) is 17.4 Å². The third kappa shape index (κ3) is 6.46. The Labute approximate surface area is 199 Å². The lowest BCUT2D eigenvalue weighted by molar-refractivity contribution is -0.384. The quantitative estimate of drug-likeness (QED) is 0.293. The molecule has 0 aliphatic rings. The number of nitrogens with one attached hydrogen (secondary N) is 2. The van der Waals surface area contributed by atoms with E-state index in [-0.39, 0.29) is 23.5 Å². The number of nitrogens with zero attached hydrogens (tertiary/aromatic N) is 3.